The highest BCUT2D eigenvalue weighted by atomic mass is 32.2. The molecule has 0 amide bonds. The van der Waals surface area contributed by atoms with Gasteiger partial charge in [0.15, 0.2) is 0 Å². The summed E-state index contributed by atoms with van der Waals surface area (Å²) in [6, 6.07) is 18.8. The van der Waals surface area contributed by atoms with Crippen LogP contribution in [0.4, 0.5) is 0 Å². The third kappa shape index (κ3) is 2.05. The van der Waals surface area contributed by atoms with Gasteiger partial charge in [-0.25, -0.2) is 0 Å². The van der Waals surface area contributed by atoms with Crippen molar-refractivity contribution in [3.05, 3.63) is 78.1 Å². The fraction of sp³-hybridized carbons (Fsp3) is 0.125. The van der Waals surface area contributed by atoms with Crippen molar-refractivity contribution in [2.75, 3.05) is 6.26 Å². The second kappa shape index (κ2) is 5.11. The predicted octanol–water partition coefficient (Wildman–Crippen LogP) is 3.70. The lowest BCUT2D eigenvalue weighted by atomic mass is 9.84. The molecule has 0 aliphatic carbocycles. The van der Waals surface area contributed by atoms with Crippen LogP contribution in [0, 0.1) is 0 Å². The van der Waals surface area contributed by atoms with Gasteiger partial charge in [-0.05, 0) is 29.5 Å². The molecule has 1 N–H and O–H groups in total. The lowest BCUT2D eigenvalue weighted by Crippen LogP contribution is -2.37. The highest BCUT2D eigenvalue weighted by molar-refractivity contribution is 7.98. The van der Waals surface area contributed by atoms with Crippen LogP contribution in [0.25, 0.3) is 0 Å². The molecule has 0 saturated carbocycles. The maximum absolute atomic E-state index is 5.33. The maximum Gasteiger partial charge on any atom is 0.126 e. The van der Waals surface area contributed by atoms with Gasteiger partial charge in [0.05, 0.1) is 0 Å². The van der Waals surface area contributed by atoms with Crippen LogP contribution in [0.1, 0.15) is 11.1 Å². The molecule has 1 aliphatic rings. The van der Waals surface area contributed by atoms with Gasteiger partial charge in [-0.1, -0.05) is 48.5 Å². The van der Waals surface area contributed by atoms with Crippen LogP contribution in [-0.4, -0.2) is 6.26 Å². The second-order valence-corrected chi connectivity index (χ2v) is 5.25. The fourth-order valence-corrected chi connectivity index (χ4v) is 3.09. The van der Waals surface area contributed by atoms with E-state index in [0.29, 0.717) is 0 Å². The molecule has 2 aromatic rings. The smallest absolute Gasteiger partial charge is 0.126 e. The van der Waals surface area contributed by atoms with E-state index in [0.717, 1.165) is 0 Å². The minimum atomic E-state index is -0.402. The molecule has 0 radical (unpaired) electrons. The van der Waals surface area contributed by atoms with Crippen LogP contribution in [-0.2, 0) is 10.4 Å². The SMILES string of the molecule is CSc1ccccc1C1(c2ccccc2)C=CON1. The van der Waals surface area contributed by atoms with Crippen LogP contribution in [0.15, 0.2) is 71.8 Å². The molecular formula is C16H15NOS. The van der Waals surface area contributed by atoms with Crippen molar-refractivity contribution in [3.63, 3.8) is 0 Å². The van der Waals surface area contributed by atoms with Gasteiger partial charge in [-0.3, -0.25) is 0 Å². The van der Waals surface area contributed by atoms with Crippen molar-refractivity contribution in [3.8, 4) is 0 Å². The molecule has 2 nitrogen and oxygen atoms in total. The molecule has 0 spiro atoms. The molecule has 1 heterocycles. The molecule has 1 aliphatic heterocycles. The number of hydrogen-bond acceptors (Lipinski definition) is 3. The molecule has 2 aromatic carbocycles. The number of hydroxylamine groups is 1. The van der Waals surface area contributed by atoms with E-state index in [1.807, 2.05) is 18.2 Å². The molecule has 19 heavy (non-hydrogen) atoms. The topological polar surface area (TPSA) is 21.3 Å². The number of hydrogen-bond donors (Lipinski definition) is 1. The Morgan fingerprint density at radius 1 is 1.00 bits per heavy atom. The first kappa shape index (κ1) is 12.3. The van der Waals surface area contributed by atoms with Gasteiger partial charge in [0, 0.05) is 4.90 Å². The van der Waals surface area contributed by atoms with Gasteiger partial charge in [0.2, 0.25) is 0 Å². The summed E-state index contributed by atoms with van der Waals surface area (Å²) in [6.45, 7) is 0. The minimum absolute atomic E-state index is 0.402. The van der Waals surface area contributed by atoms with Gasteiger partial charge >= 0.3 is 0 Å². The summed E-state index contributed by atoms with van der Waals surface area (Å²) in [5, 5.41) is 0. The number of thioether (sulfide) groups is 1. The van der Waals surface area contributed by atoms with Crippen molar-refractivity contribution in [2.45, 2.75) is 10.4 Å². The summed E-state index contributed by atoms with van der Waals surface area (Å²) in [7, 11) is 0. The number of benzene rings is 2. The Bertz CT molecular complexity index is 597. The largest absolute Gasteiger partial charge is 0.415 e. The average Bonchev–Trinajstić information content (AvgIpc) is 2.99. The molecule has 1 unspecified atom stereocenters. The number of rotatable bonds is 3. The van der Waals surface area contributed by atoms with E-state index in [-0.39, 0.29) is 0 Å². The fourth-order valence-electron chi connectivity index (χ4n) is 2.42. The van der Waals surface area contributed by atoms with Gasteiger partial charge in [-0.15, -0.1) is 17.2 Å². The van der Waals surface area contributed by atoms with Crippen molar-refractivity contribution < 1.29 is 4.84 Å². The van der Waals surface area contributed by atoms with Crippen LogP contribution < -0.4 is 5.48 Å². The van der Waals surface area contributed by atoms with E-state index in [9.17, 15) is 0 Å². The van der Waals surface area contributed by atoms with Gasteiger partial charge < -0.3 is 4.84 Å². The standard InChI is InChI=1S/C16H15NOS/c1-19-15-10-6-5-9-14(15)16(11-12-18-17-16)13-7-3-2-4-8-13/h2-12,17H,1H3. The molecule has 1 atom stereocenters. The average molecular weight is 269 g/mol. The van der Waals surface area contributed by atoms with Crippen LogP contribution in [0.3, 0.4) is 0 Å². The van der Waals surface area contributed by atoms with Crippen LogP contribution in [0.2, 0.25) is 0 Å². The lowest BCUT2D eigenvalue weighted by Gasteiger charge is -2.29. The third-order valence-electron chi connectivity index (χ3n) is 3.37. The molecule has 3 heteroatoms. The summed E-state index contributed by atoms with van der Waals surface area (Å²) < 4.78 is 0. The zero-order valence-electron chi connectivity index (χ0n) is 10.7. The molecule has 96 valence electrons. The Morgan fingerprint density at radius 2 is 1.74 bits per heavy atom. The van der Waals surface area contributed by atoms with Crippen molar-refractivity contribution >= 4 is 11.8 Å². The Kier molecular flexibility index (Phi) is 3.32. The summed E-state index contributed by atoms with van der Waals surface area (Å²) in [6.07, 6.45) is 5.87. The highest BCUT2D eigenvalue weighted by Gasteiger charge is 2.37. The first-order chi connectivity index (χ1) is 9.37. The van der Waals surface area contributed by atoms with Gasteiger partial charge in [0.25, 0.3) is 0 Å². The molecule has 0 saturated heterocycles. The quantitative estimate of drug-likeness (QED) is 0.858. The minimum Gasteiger partial charge on any atom is -0.415 e. The Labute approximate surface area is 117 Å². The molecule has 0 bridgehead atoms. The first-order valence-electron chi connectivity index (χ1n) is 6.16. The van der Waals surface area contributed by atoms with Crippen molar-refractivity contribution in [2.24, 2.45) is 0 Å². The maximum atomic E-state index is 5.33. The molecular weight excluding hydrogens is 254 g/mol. The zero-order chi connectivity index (χ0) is 13.1. The highest BCUT2D eigenvalue weighted by Crippen LogP contribution is 2.38. The summed E-state index contributed by atoms with van der Waals surface area (Å²) in [5.41, 5.74) is 5.13. The Balaban J connectivity index is 2.19. The molecule has 3 rings (SSSR count). The molecule has 0 fully saturated rings. The predicted molar refractivity (Wildman–Crippen MR) is 78.8 cm³/mol. The summed E-state index contributed by atoms with van der Waals surface area (Å²) in [5.74, 6) is 0. The van der Waals surface area contributed by atoms with Gasteiger partial charge in [-0.2, -0.15) is 0 Å². The van der Waals surface area contributed by atoms with E-state index < -0.39 is 5.54 Å². The van der Waals surface area contributed by atoms with Crippen LogP contribution >= 0.6 is 11.8 Å². The van der Waals surface area contributed by atoms with E-state index in [1.54, 1.807) is 18.0 Å². The van der Waals surface area contributed by atoms with Crippen molar-refractivity contribution in [1.29, 1.82) is 0 Å². The first-order valence-corrected chi connectivity index (χ1v) is 7.39. The van der Waals surface area contributed by atoms with E-state index >= 15 is 0 Å². The summed E-state index contributed by atoms with van der Waals surface area (Å²) in [4.78, 5) is 6.57. The van der Waals surface area contributed by atoms with E-state index in [4.69, 9.17) is 4.84 Å². The zero-order valence-corrected chi connectivity index (χ0v) is 11.5. The third-order valence-corrected chi connectivity index (χ3v) is 4.16. The lowest BCUT2D eigenvalue weighted by molar-refractivity contribution is 0.113. The molecule has 0 aromatic heterocycles. The second-order valence-electron chi connectivity index (χ2n) is 4.40. The Morgan fingerprint density at radius 3 is 2.42 bits per heavy atom. The normalized spacial score (nSPS) is 21.3. The van der Waals surface area contributed by atoms with Crippen LogP contribution in [0.5, 0.6) is 0 Å². The van der Waals surface area contributed by atoms with E-state index in [2.05, 4.69) is 54.2 Å². The Hall–Kier alpha value is -1.71. The van der Waals surface area contributed by atoms with E-state index in [1.165, 1.54) is 16.0 Å². The summed E-state index contributed by atoms with van der Waals surface area (Å²) >= 11 is 1.75. The monoisotopic (exact) mass is 269 g/mol. The number of nitrogens with one attached hydrogen (secondary N) is 1. The van der Waals surface area contributed by atoms with Crippen molar-refractivity contribution in [1.82, 2.24) is 5.48 Å². The van der Waals surface area contributed by atoms with Gasteiger partial charge in [0.1, 0.15) is 11.8 Å².